The molecule has 1 rings (SSSR count). The molecule has 3 N–H and O–H groups in total. The first-order valence-corrected chi connectivity index (χ1v) is 7.71. The van der Waals surface area contributed by atoms with Crippen molar-refractivity contribution in [1.29, 1.82) is 0 Å². The number of nitrogens with two attached hydrogens (primary N) is 1. The number of hydrogen-bond acceptors (Lipinski definition) is 3. The van der Waals surface area contributed by atoms with Gasteiger partial charge in [0.25, 0.3) is 0 Å². The molecule has 1 aliphatic rings. The van der Waals surface area contributed by atoms with E-state index in [9.17, 15) is 0 Å². The van der Waals surface area contributed by atoms with E-state index in [1.54, 1.807) is 0 Å². The molecule has 18 heavy (non-hydrogen) atoms. The summed E-state index contributed by atoms with van der Waals surface area (Å²) in [6.45, 7) is 4.57. The Bertz CT molecular complexity index is 205. The molecule has 1 aliphatic carbocycles. The molecule has 0 spiro atoms. The molecule has 3 unspecified atom stereocenters. The first-order chi connectivity index (χ1) is 8.72. The summed E-state index contributed by atoms with van der Waals surface area (Å²) in [5.74, 6) is 7.18. The molecule has 0 bridgehead atoms. The molecular formula is C15H32N2O. The summed E-state index contributed by atoms with van der Waals surface area (Å²) in [7, 11) is 1.84. The molecule has 0 aliphatic heterocycles. The average Bonchev–Trinajstić information content (AvgIpc) is 2.40. The maximum Gasteiger partial charge on any atom is 0.0765 e. The Kier molecular flexibility index (Phi) is 7.87. The molecule has 0 aromatic carbocycles. The molecule has 1 saturated carbocycles. The van der Waals surface area contributed by atoms with Gasteiger partial charge < -0.3 is 4.74 Å². The van der Waals surface area contributed by atoms with Crippen LogP contribution in [-0.4, -0.2) is 19.3 Å². The van der Waals surface area contributed by atoms with E-state index in [-0.39, 0.29) is 6.10 Å². The quantitative estimate of drug-likeness (QED) is 0.518. The zero-order valence-electron chi connectivity index (χ0n) is 12.5. The molecule has 3 heteroatoms. The number of hydrogen-bond donors (Lipinski definition) is 2. The van der Waals surface area contributed by atoms with Crippen molar-refractivity contribution in [3.63, 3.8) is 0 Å². The van der Waals surface area contributed by atoms with Gasteiger partial charge in [0.1, 0.15) is 0 Å². The average molecular weight is 256 g/mol. The topological polar surface area (TPSA) is 47.3 Å². The van der Waals surface area contributed by atoms with Crippen LogP contribution in [0, 0.1) is 11.8 Å². The zero-order valence-corrected chi connectivity index (χ0v) is 12.5. The second-order valence-electron chi connectivity index (χ2n) is 6.00. The van der Waals surface area contributed by atoms with Gasteiger partial charge in [-0.1, -0.05) is 46.0 Å². The van der Waals surface area contributed by atoms with Crippen molar-refractivity contribution in [3.8, 4) is 0 Å². The van der Waals surface area contributed by atoms with E-state index in [1.165, 1.54) is 44.9 Å². The van der Waals surface area contributed by atoms with Crippen LogP contribution in [0.2, 0.25) is 0 Å². The fourth-order valence-electron chi connectivity index (χ4n) is 3.49. The molecule has 3 nitrogen and oxygen atoms in total. The van der Waals surface area contributed by atoms with Crippen molar-refractivity contribution < 1.29 is 4.74 Å². The van der Waals surface area contributed by atoms with E-state index in [0.29, 0.717) is 12.0 Å². The molecule has 0 saturated heterocycles. The standard InChI is InChI=1S/C15H32N2O/c1-4-8-12(2)11-14(17-16)15(18-3)13-9-6-5-7-10-13/h12-15,17H,4-11,16H2,1-3H3. The molecule has 0 radical (unpaired) electrons. The lowest BCUT2D eigenvalue weighted by Crippen LogP contribution is -2.49. The number of hydrazine groups is 1. The normalized spacial score (nSPS) is 22.7. The Morgan fingerprint density at radius 3 is 2.44 bits per heavy atom. The number of rotatable bonds is 8. The van der Waals surface area contributed by atoms with E-state index < -0.39 is 0 Å². The van der Waals surface area contributed by atoms with Gasteiger partial charge in [-0.15, -0.1) is 0 Å². The van der Waals surface area contributed by atoms with E-state index in [0.717, 1.165) is 12.3 Å². The van der Waals surface area contributed by atoms with Crippen molar-refractivity contribution in [3.05, 3.63) is 0 Å². The Labute approximate surface area is 113 Å². The van der Waals surface area contributed by atoms with Crippen molar-refractivity contribution in [2.75, 3.05) is 7.11 Å². The second kappa shape index (κ2) is 8.89. The lowest BCUT2D eigenvalue weighted by molar-refractivity contribution is 0.00226. The van der Waals surface area contributed by atoms with Crippen LogP contribution in [0.25, 0.3) is 0 Å². The van der Waals surface area contributed by atoms with Gasteiger partial charge in [-0.3, -0.25) is 11.3 Å². The number of ether oxygens (including phenoxy) is 1. The van der Waals surface area contributed by atoms with E-state index >= 15 is 0 Å². The first-order valence-electron chi connectivity index (χ1n) is 7.71. The van der Waals surface area contributed by atoms with Crippen LogP contribution >= 0.6 is 0 Å². The van der Waals surface area contributed by atoms with Gasteiger partial charge in [0.15, 0.2) is 0 Å². The molecule has 0 aromatic heterocycles. The number of nitrogens with one attached hydrogen (secondary N) is 1. The first kappa shape index (κ1) is 15.9. The summed E-state index contributed by atoms with van der Waals surface area (Å²) in [5, 5.41) is 0. The number of methoxy groups -OCH3 is 1. The van der Waals surface area contributed by atoms with Gasteiger partial charge in [-0.2, -0.15) is 0 Å². The smallest absolute Gasteiger partial charge is 0.0765 e. The Morgan fingerprint density at radius 1 is 1.28 bits per heavy atom. The monoisotopic (exact) mass is 256 g/mol. The molecule has 3 atom stereocenters. The predicted octanol–water partition coefficient (Wildman–Crippen LogP) is 3.24. The highest BCUT2D eigenvalue weighted by molar-refractivity contribution is 4.84. The van der Waals surface area contributed by atoms with Gasteiger partial charge in [0.05, 0.1) is 6.10 Å². The van der Waals surface area contributed by atoms with Gasteiger partial charge in [-0.25, -0.2) is 0 Å². The van der Waals surface area contributed by atoms with Crippen molar-refractivity contribution >= 4 is 0 Å². The highest BCUT2D eigenvalue weighted by Crippen LogP contribution is 2.31. The minimum absolute atomic E-state index is 0.287. The van der Waals surface area contributed by atoms with Crippen LogP contribution in [0.3, 0.4) is 0 Å². The third-order valence-electron chi connectivity index (χ3n) is 4.44. The van der Waals surface area contributed by atoms with Crippen LogP contribution in [0.5, 0.6) is 0 Å². The molecule has 1 fully saturated rings. The minimum atomic E-state index is 0.287. The Balaban J connectivity index is 2.52. The van der Waals surface area contributed by atoms with Crippen molar-refractivity contribution in [1.82, 2.24) is 5.43 Å². The molecule has 0 amide bonds. The largest absolute Gasteiger partial charge is 0.379 e. The second-order valence-corrected chi connectivity index (χ2v) is 6.00. The summed E-state index contributed by atoms with van der Waals surface area (Å²) >= 11 is 0. The minimum Gasteiger partial charge on any atom is -0.379 e. The van der Waals surface area contributed by atoms with E-state index in [2.05, 4.69) is 19.3 Å². The fraction of sp³-hybridized carbons (Fsp3) is 1.00. The SMILES string of the molecule is CCCC(C)CC(NN)C(OC)C1CCCCC1. The van der Waals surface area contributed by atoms with Crippen molar-refractivity contribution in [2.24, 2.45) is 17.7 Å². The highest BCUT2D eigenvalue weighted by Gasteiger charge is 2.30. The summed E-state index contributed by atoms with van der Waals surface area (Å²) in [6, 6.07) is 0.305. The van der Waals surface area contributed by atoms with Gasteiger partial charge in [-0.05, 0) is 31.1 Å². The summed E-state index contributed by atoms with van der Waals surface area (Å²) in [4.78, 5) is 0. The van der Waals surface area contributed by atoms with Crippen LogP contribution in [0.1, 0.15) is 65.2 Å². The van der Waals surface area contributed by atoms with Gasteiger partial charge in [0, 0.05) is 13.2 Å². The third-order valence-corrected chi connectivity index (χ3v) is 4.44. The maximum absolute atomic E-state index is 5.78. The predicted molar refractivity (Wildman–Crippen MR) is 77.2 cm³/mol. The summed E-state index contributed by atoms with van der Waals surface area (Å²) in [5.41, 5.74) is 3.01. The molecule has 0 heterocycles. The van der Waals surface area contributed by atoms with Gasteiger partial charge in [0.2, 0.25) is 0 Å². The van der Waals surface area contributed by atoms with Crippen LogP contribution in [0.15, 0.2) is 0 Å². The van der Waals surface area contributed by atoms with E-state index in [4.69, 9.17) is 10.6 Å². The van der Waals surface area contributed by atoms with Crippen LogP contribution in [-0.2, 0) is 4.74 Å². The summed E-state index contributed by atoms with van der Waals surface area (Å²) < 4.78 is 5.78. The van der Waals surface area contributed by atoms with Crippen LogP contribution in [0.4, 0.5) is 0 Å². The van der Waals surface area contributed by atoms with E-state index in [1.807, 2.05) is 7.11 Å². The summed E-state index contributed by atoms with van der Waals surface area (Å²) in [6.07, 6.45) is 10.6. The maximum atomic E-state index is 5.78. The van der Waals surface area contributed by atoms with Crippen molar-refractivity contribution in [2.45, 2.75) is 77.4 Å². The lowest BCUT2D eigenvalue weighted by atomic mass is 9.80. The highest BCUT2D eigenvalue weighted by atomic mass is 16.5. The Morgan fingerprint density at radius 2 is 1.94 bits per heavy atom. The third kappa shape index (κ3) is 4.87. The fourth-order valence-corrected chi connectivity index (χ4v) is 3.49. The molecule has 108 valence electrons. The molecular weight excluding hydrogens is 224 g/mol. The zero-order chi connectivity index (χ0) is 13.4. The molecule has 0 aromatic rings. The lowest BCUT2D eigenvalue weighted by Gasteiger charge is -2.35. The Hall–Kier alpha value is -0.120. The van der Waals surface area contributed by atoms with Crippen LogP contribution < -0.4 is 11.3 Å². The van der Waals surface area contributed by atoms with Gasteiger partial charge >= 0.3 is 0 Å².